The molecule has 3 aromatic carbocycles. The molecule has 0 spiro atoms. The first-order chi connectivity index (χ1) is 15.1. The molecule has 3 aromatic rings. The van der Waals surface area contributed by atoms with Crippen molar-refractivity contribution in [3.63, 3.8) is 0 Å². The van der Waals surface area contributed by atoms with Crippen molar-refractivity contribution < 1.29 is 14.0 Å². The van der Waals surface area contributed by atoms with Crippen LogP contribution in [0.5, 0.6) is 0 Å². The van der Waals surface area contributed by atoms with E-state index < -0.39 is 5.82 Å². The molecule has 0 fully saturated rings. The van der Waals surface area contributed by atoms with E-state index in [9.17, 15) is 14.0 Å². The van der Waals surface area contributed by atoms with Gasteiger partial charge in [0.05, 0.1) is 0 Å². The van der Waals surface area contributed by atoms with E-state index in [1.54, 1.807) is 36.4 Å². The van der Waals surface area contributed by atoms with Crippen LogP contribution in [0.1, 0.15) is 47.1 Å². The summed E-state index contributed by atoms with van der Waals surface area (Å²) in [6.07, 6.45) is 0. The van der Waals surface area contributed by atoms with E-state index in [0.717, 1.165) is 5.56 Å². The lowest BCUT2D eigenvalue weighted by atomic mass is 9.87. The minimum atomic E-state index is -0.401. The molecule has 0 aromatic heterocycles. The van der Waals surface area contributed by atoms with Gasteiger partial charge in [0.1, 0.15) is 5.82 Å². The molecule has 164 valence electrons. The number of halogens is 1. The molecule has 0 aliphatic carbocycles. The number of anilines is 2. The molecule has 7 heteroatoms. The fraction of sp³-hybridized carbons (Fsp3) is 0.160. The van der Waals surface area contributed by atoms with Crippen molar-refractivity contribution in [2.75, 3.05) is 10.6 Å². The molecule has 5 nitrogen and oxygen atoms in total. The lowest BCUT2D eigenvalue weighted by Crippen LogP contribution is -2.34. The molecular weight excluding hydrogens is 425 g/mol. The van der Waals surface area contributed by atoms with Gasteiger partial charge in [0.15, 0.2) is 5.11 Å². The number of nitrogens with one attached hydrogen (secondary N) is 3. The Morgan fingerprint density at radius 3 is 1.72 bits per heavy atom. The molecule has 0 unspecified atom stereocenters. The highest BCUT2D eigenvalue weighted by Gasteiger charge is 2.15. The summed E-state index contributed by atoms with van der Waals surface area (Å²) in [6.45, 7) is 6.34. The van der Waals surface area contributed by atoms with Gasteiger partial charge in [0, 0.05) is 22.5 Å². The molecule has 0 bridgehead atoms. The number of hydrogen-bond acceptors (Lipinski definition) is 3. The molecule has 32 heavy (non-hydrogen) atoms. The third-order valence-corrected chi connectivity index (χ3v) is 4.95. The quantitative estimate of drug-likeness (QED) is 0.460. The number of carbonyl (C=O) groups excluding carboxylic acids is 2. The smallest absolute Gasteiger partial charge is 0.257 e. The molecule has 0 saturated carbocycles. The Bertz CT molecular complexity index is 1120. The summed E-state index contributed by atoms with van der Waals surface area (Å²) in [7, 11) is 0. The highest BCUT2D eigenvalue weighted by atomic mass is 32.1. The second kappa shape index (κ2) is 9.70. The van der Waals surface area contributed by atoms with Crippen LogP contribution in [0.15, 0.2) is 72.8 Å². The number of hydrogen-bond donors (Lipinski definition) is 3. The van der Waals surface area contributed by atoms with Crippen molar-refractivity contribution >= 4 is 40.5 Å². The first-order valence-corrected chi connectivity index (χ1v) is 10.4. The van der Waals surface area contributed by atoms with E-state index in [2.05, 4.69) is 36.7 Å². The zero-order valence-electron chi connectivity index (χ0n) is 18.0. The number of carbonyl (C=O) groups is 2. The maximum atomic E-state index is 13.0. The lowest BCUT2D eigenvalue weighted by molar-refractivity contribution is 0.0976. The Kier molecular flexibility index (Phi) is 7.00. The van der Waals surface area contributed by atoms with Gasteiger partial charge in [-0.1, -0.05) is 32.9 Å². The van der Waals surface area contributed by atoms with Gasteiger partial charge in [0.2, 0.25) is 0 Å². The van der Waals surface area contributed by atoms with Crippen molar-refractivity contribution in [1.29, 1.82) is 0 Å². The van der Waals surface area contributed by atoms with Crippen LogP contribution in [0.3, 0.4) is 0 Å². The highest BCUT2D eigenvalue weighted by molar-refractivity contribution is 7.80. The van der Waals surface area contributed by atoms with Gasteiger partial charge in [-0.05, 0) is 83.9 Å². The van der Waals surface area contributed by atoms with Gasteiger partial charge < -0.3 is 10.6 Å². The monoisotopic (exact) mass is 449 g/mol. The highest BCUT2D eigenvalue weighted by Crippen LogP contribution is 2.22. The number of rotatable bonds is 4. The average molecular weight is 450 g/mol. The second-order valence-electron chi connectivity index (χ2n) is 8.27. The summed E-state index contributed by atoms with van der Waals surface area (Å²) in [5, 5.41) is 8.50. The fourth-order valence-corrected chi connectivity index (χ4v) is 3.11. The van der Waals surface area contributed by atoms with Crippen molar-refractivity contribution in [1.82, 2.24) is 5.32 Å². The third-order valence-electron chi connectivity index (χ3n) is 4.75. The Hall–Kier alpha value is -3.58. The van der Waals surface area contributed by atoms with Crippen molar-refractivity contribution in [2.45, 2.75) is 26.2 Å². The molecule has 0 aliphatic heterocycles. The van der Waals surface area contributed by atoms with Crippen molar-refractivity contribution in [3.8, 4) is 0 Å². The summed E-state index contributed by atoms with van der Waals surface area (Å²) in [6, 6.07) is 19.5. The van der Waals surface area contributed by atoms with Crippen LogP contribution >= 0.6 is 12.2 Å². The predicted molar refractivity (Wildman–Crippen MR) is 130 cm³/mol. The normalized spacial score (nSPS) is 10.9. The molecular formula is C25H24FN3O2S. The second-order valence-corrected chi connectivity index (χ2v) is 8.68. The lowest BCUT2D eigenvalue weighted by Gasteiger charge is -2.19. The first kappa shape index (κ1) is 23.1. The summed E-state index contributed by atoms with van der Waals surface area (Å²) in [5.74, 6) is -1.04. The number of thiocarbonyl (C=S) groups is 1. The molecule has 0 radical (unpaired) electrons. The van der Waals surface area contributed by atoms with Gasteiger partial charge in [-0.3, -0.25) is 14.9 Å². The van der Waals surface area contributed by atoms with Crippen LogP contribution in [0.25, 0.3) is 0 Å². The van der Waals surface area contributed by atoms with E-state index in [4.69, 9.17) is 12.2 Å². The fourth-order valence-electron chi connectivity index (χ4n) is 2.90. The van der Waals surface area contributed by atoms with Gasteiger partial charge in [-0.15, -0.1) is 0 Å². The SMILES string of the molecule is CC(C)(C)c1ccc(C(=O)NC(=S)Nc2ccc(NC(=O)c3ccc(F)cc3)cc2)cc1. The summed E-state index contributed by atoms with van der Waals surface area (Å²) >= 11 is 5.23. The van der Waals surface area contributed by atoms with Crippen LogP contribution in [0, 0.1) is 5.82 Å². The molecule has 3 rings (SSSR count). The molecule has 0 aliphatic rings. The maximum absolute atomic E-state index is 13.0. The predicted octanol–water partition coefficient (Wildman–Crippen LogP) is 5.50. The minimum Gasteiger partial charge on any atom is -0.332 e. The van der Waals surface area contributed by atoms with E-state index >= 15 is 0 Å². The third kappa shape index (κ3) is 6.21. The molecule has 0 atom stereocenters. The Balaban J connectivity index is 1.54. The summed E-state index contributed by atoms with van der Waals surface area (Å²) in [5.41, 5.74) is 3.24. The molecule has 3 N–H and O–H groups in total. The van der Waals surface area contributed by atoms with E-state index in [1.165, 1.54) is 24.3 Å². The van der Waals surface area contributed by atoms with Crippen molar-refractivity contribution in [2.24, 2.45) is 0 Å². The Morgan fingerprint density at radius 1 is 0.719 bits per heavy atom. The largest absolute Gasteiger partial charge is 0.332 e. The van der Waals surface area contributed by atoms with Gasteiger partial charge in [-0.2, -0.15) is 0 Å². The van der Waals surface area contributed by atoms with E-state index in [-0.39, 0.29) is 22.3 Å². The van der Waals surface area contributed by atoms with Gasteiger partial charge >= 0.3 is 0 Å². The van der Waals surface area contributed by atoms with E-state index in [1.807, 2.05) is 12.1 Å². The minimum absolute atomic E-state index is 0.0104. The van der Waals surface area contributed by atoms with Gasteiger partial charge in [0.25, 0.3) is 11.8 Å². The zero-order valence-corrected chi connectivity index (χ0v) is 18.8. The number of amides is 2. The van der Waals surface area contributed by atoms with Crippen LogP contribution in [-0.2, 0) is 5.41 Å². The van der Waals surface area contributed by atoms with Crippen molar-refractivity contribution in [3.05, 3.63) is 95.3 Å². The average Bonchev–Trinajstić information content (AvgIpc) is 2.75. The zero-order chi connectivity index (χ0) is 23.3. The van der Waals surface area contributed by atoms with Crippen LogP contribution < -0.4 is 16.0 Å². The summed E-state index contributed by atoms with van der Waals surface area (Å²) in [4.78, 5) is 24.6. The maximum Gasteiger partial charge on any atom is 0.257 e. The first-order valence-electron chi connectivity index (χ1n) is 10.0. The Labute approximate surface area is 192 Å². The Morgan fingerprint density at radius 2 is 1.19 bits per heavy atom. The number of benzene rings is 3. The summed E-state index contributed by atoms with van der Waals surface area (Å²) < 4.78 is 13.0. The standard InChI is InChI=1S/C25H24FN3O2S/c1-25(2,3)18-8-4-16(5-9-18)23(31)29-24(32)28-21-14-12-20(13-15-21)27-22(30)17-6-10-19(26)11-7-17/h4-15H,1-3H3,(H,27,30)(H2,28,29,31,32). The van der Waals surface area contributed by atoms with Crippen LogP contribution in [0.2, 0.25) is 0 Å². The van der Waals surface area contributed by atoms with E-state index in [0.29, 0.717) is 22.5 Å². The van der Waals surface area contributed by atoms with Crippen LogP contribution in [0.4, 0.5) is 15.8 Å². The topological polar surface area (TPSA) is 70.2 Å². The molecule has 2 amide bonds. The van der Waals surface area contributed by atoms with Gasteiger partial charge in [-0.25, -0.2) is 4.39 Å². The van der Waals surface area contributed by atoms with Crippen LogP contribution in [-0.4, -0.2) is 16.9 Å². The molecule has 0 saturated heterocycles. The molecule has 0 heterocycles.